The van der Waals surface area contributed by atoms with Crippen LogP contribution >= 0.6 is 24.8 Å². The number of amides is 10. The quantitative estimate of drug-likeness (QED) is 0.0442. The van der Waals surface area contributed by atoms with Crippen LogP contribution in [-0.4, -0.2) is 172 Å². The highest BCUT2D eigenvalue weighted by atomic mass is 35.5. The van der Waals surface area contributed by atoms with Gasteiger partial charge in [0.05, 0.1) is 31.4 Å². The summed E-state index contributed by atoms with van der Waals surface area (Å²) in [5.41, 5.74) is 22.9. The number of rotatable bonds is 15. The highest BCUT2D eigenvalue weighted by Crippen LogP contribution is 2.19. The van der Waals surface area contributed by atoms with Crippen molar-refractivity contribution >= 4 is 89.8 Å². The summed E-state index contributed by atoms with van der Waals surface area (Å²) in [5, 5.41) is 64.2. The topological polar surface area (TPSA) is 476 Å². The number of nitrogens with one attached hydrogen (secondary N) is 9. The number of guanidine groups is 1. The Morgan fingerprint density at radius 1 is 0.645 bits per heavy atom. The van der Waals surface area contributed by atoms with Crippen LogP contribution in [0.2, 0.25) is 0 Å². The van der Waals surface area contributed by atoms with Gasteiger partial charge in [0, 0.05) is 6.54 Å². The summed E-state index contributed by atoms with van der Waals surface area (Å²) in [6.07, 6.45) is -5.56. The molecule has 0 spiro atoms. The van der Waals surface area contributed by atoms with Gasteiger partial charge in [-0.05, 0) is 49.5 Å². The van der Waals surface area contributed by atoms with Gasteiger partial charge in [-0.3, -0.25) is 52.9 Å². The van der Waals surface area contributed by atoms with Crippen molar-refractivity contribution in [1.29, 1.82) is 0 Å². The van der Waals surface area contributed by atoms with Crippen LogP contribution in [0.25, 0.3) is 0 Å². The van der Waals surface area contributed by atoms with Crippen molar-refractivity contribution in [1.82, 2.24) is 47.9 Å². The van der Waals surface area contributed by atoms with Crippen LogP contribution in [0, 0.1) is 17.8 Å². The SMILES string of the molecule is CC[C@H](C)[C@@H]1NC(=O)[C@@H](CCCN=C(N)N)NC(=O)[C@H](CC(C)C)NC(=O)C([C@H](O)C(C)C)NC(=O)[C@@H](N)[C@@H](c2ccccc2)NC(=O)[C@H](CO)NC(=O)[C@H]([C@H](O)C(N)=O)NC(=O)CNC(=O)[C@H]([C@H](C)O)NC1=O.Cl.Cl. The average molecular weight is 1120 g/mol. The van der Waals surface area contributed by atoms with Crippen LogP contribution in [0.4, 0.5) is 0 Å². The van der Waals surface area contributed by atoms with E-state index in [2.05, 4.69) is 47.5 Å². The molecule has 1 heterocycles. The van der Waals surface area contributed by atoms with Gasteiger partial charge in [0.15, 0.2) is 12.1 Å². The minimum Gasteiger partial charge on any atom is -0.394 e. The summed E-state index contributed by atoms with van der Waals surface area (Å²) in [5.74, 6) is -13.5. The number of primary amides is 1. The van der Waals surface area contributed by atoms with Gasteiger partial charge in [0.1, 0.15) is 48.3 Å². The molecule has 0 bridgehead atoms. The average Bonchev–Trinajstić information content (AvgIpc) is 3.34. The summed E-state index contributed by atoms with van der Waals surface area (Å²) < 4.78 is 0. The maximum Gasteiger partial charge on any atom is 0.248 e. The van der Waals surface area contributed by atoms with Crippen LogP contribution in [0.1, 0.15) is 85.8 Å². The lowest BCUT2D eigenvalue weighted by molar-refractivity contribution is -0.140. The standard InChI is InChI=1S/C46H76N14O14.2ClH/c1-8-22(6)30-43(72)58-31(23(7)62)42(71)52-18-28(63)56-34(36(65)37(48)66)45(74)55-27(19-61)40(69)59-32(24-13-10-9-11-14-24)29(47)41(70)60-33(35(64)21(4)5)44(73)54-26(17-20(2)3)39(68)53-25(38(67)57-30)15-12-16-51-46(49)50;;/h9-11,13-14,20-23,25-27,29-36,61-62,64-65H,8,12,15-19,47H2,1-7H3,(H2,48,66)(H,52,71)(H,53,68)(H,54,73)(H,55,74)(H,56,63)(H,57,67)(H,58,72)(H,59,69)(H,60,70)(H4,49,50,51);2*1H/t22-,23-,25+,26-,27-,29-,30-,31-,32+,33?,34-,35+,36-;;/m0../s1. The molecule has 2 rings (SSSR count). The first-order valence-corrected chi connectivity index (χ1v) is 24.1. The normalized spacial score (nSPS) is 25.9. The second-order valence-electron chi connectivity index (χ2n) is 18.8. The highest BCUT2D eigenvalue weighted by Gasteiger charge is 2.40. The maximum absolute atomic E-state index is 14.3. The molecule has 28 nitrogen and oxygen atoms in total. The van der Waals surface area contributed by atoms with Gasteiger partial charge in [-0.15, -0.1) is 24.8 Å². The zero-order chi connectivity index (χ0) is 56.1. The van der Waals surface area contributed by atoms with Crippen molar-refractivity contribution in [2.45, 2.75) is 147 Å². The van der Waals surface area contributed by atoms with E-state index in [1.54, 1.807) is 33.8 Å². The number of hydrogen-bond acceptors (Lipinski definition) is 16. The van der Waals surface area contributed by atoms with Crippen LogP contribution in [0.5, 0.6) is 0 Å². The van der Waals surface area contributed by atoms with Crippen LogP contribution < -0.4 is 70.8 Å². The van der Waals surface area contributed by atoms with E-state index in [0.717, 1.165) is 6.92 Å². The Labute approximate surface area is 452 Å². The van der Waals surface area contributed by atoms with Gasteiger partial charge in [0.2, 0.25) is 59.1 Å². The second-order valence-corrected chi connectivity index (χ2v) is 18.8. The lowest BCUT2D eigenvalue weighted by atomic mass is 9.95. The predicted molar refractivity (Wildman–Crippen MR) is 280 cm³/mol. The molecule has 76 heavy (non-hydrogen) atoms. The van der Waals surface area contributed by atoms with Gasteiger partial charge in [-0.1, -0.05) is 78.3 Å². The Morgan fingerprint density at radius 2 is 1.16 bits per heavy atom. The maximum atomic E-state index is 14.3. The fraction of sp³-hybridized carbons (Fsp3) is 0.630. The van der Waals surface area contributed by atoms with Crippen molar-refractivity contribution in [2.24, 2.45) is 45.7 Å². The van der Waals surface area contributed by atoms with Gasteiger partial charge in [-0.2, -0.15) is 0 Å². The number of nitrogens with two attached hydrogens (primary N) is 4. The summed E-state index contributed by atoms with van der Waals surface area (Å²) >= 11 is 0. The van der Waals surface area contributed by atoms with E-state index in [-0.39, 0.29) is 74.5 Å². The number of carbonyl (C=O) groups is 10. The molecule has 0 aromatic heterocycles. The van der Waals surface area contributed by atoms with Crippen molar-refractivity contribution in [3.05, 3.63) is 35.9 Å². The minimum atomic E-state index is -2.47. The number of aliphatic hydroxyl groups excluding tert-OH is 4. The van der Waals surface area contributed by atoms with Crippen LogP contribution in [0.3, 0.4) is 0 Å². The summed E-state index contributed by atoms with van der Waals surface area (Å²) in [6, 6.07) is -7.88. The van der Waals surface area contributed by atoms with Gasteiger partial charge in [0.25, 0.3) is 0 Å². The Balaban J connectivity index is 0.0000281. The first-order valence-electron chi connectivity index (χ1n) is 24.1. The predicted octanol–water partition coefficient (Wildman–Crippen LogP) is -6.08. The Kier molecular flexibility index (Phi) is 30.7. The van der Waals surface area contributed by atoms with E-state index in [1.807, 2.05) is 5.32 Å². The summed E-state index contributed by atoms with van der Waals surface area (Å²) in [6.45, 7) is 8.77. The fourth-order valence-electron chi connectivity index (χ4n) is 7.41. The molecule has 13 atom stereocenters. The van der Waals surface area contributed by atoms with E-state index in [9.17, 15) is 68.4 Å². The smallest absolute Gasteiger partial charge is 0.248 e. The summed E-state index contributed by atoms with van der Waals surface area (Å²) in [4.78, 5) is 141. The number of hydrogen-bond donors (Lipinski definition) is 17. The number of halogens is 2. The molecule has 0 aliphatic carbocycles. The Bertz CT molecular complexity index is 2160. The Hall–Kier alpha value is -6.43. The zero-order valence-electron chi connectivity index (χ0n) is 43.4. The van der Waals surface area contributed by atoms with E-state index >= 15 is 0 Å². The molecule has 1 aliphatic rings. The highest BCUT2D eigenvalue weighted by molar-refractivity contribution is 5.99. The molecule has 1 fully saturated rings. The molecule has 10 amide bonds. The molecule has 0 saturated carbocycles. The Morgan fingerprint density at radius 3 is 1.68 bits per heavy atom. The largest absolute Gasteiger partial charge is 0.394 e. The van der Waals surface area contributed by atoms with Crippen molar-refractivity contribution < 1.29 is 68.4 Å². The van der Waals surface area contributed by atoms with E-state index in [0.29, 0.717) is 0 Å². The van der Waals surface area contributed by atoms with Gasteiger partial charge < -0.3 is 91.2 Å². The third-order valence-corrected chi connectivity index (χ3v) is 11.9. The number of aliphatic imine (C=N–C) groups is 1. The third-order valence-electron chi connectivity index (χ3n) is 11.9. The molecule has 430 valence electrons. The fourth-order valence-corrected chi connectivity index (χ4v) is 7.41. The number of benzene rings is 1. The number of carbonyl (C=O) groups excluding carboxylic acids is 10. The minimum absolute atomic E-state index is 0. The number of nitrogens with zero attached hydrogens (tertiary/aromatic N) is 1. The molecular formula is C46H78Cl2N14O14. The van der Waals surface area contributed by atoms with E-state index < -0.39 is 157 Å². The molecule has 21 N–H and O–H groups in total. The van der Waals surface area contributed by atoms with Crippen molar-refractivity contribution in [3.8, 4) is 0 Å². The molecule has 1 aliphatic heterocycles. The first-order chi connectivity index (χ1) is 34.6. The van der Waals surface area contributed by atoms with Gasteiger partial charge in [-0.25, -0.2) is 0 Å². The lowest BCUT2D eigenvalue weighted by Crippen LogP contribution is -2.64. The molecular weight excluding hydrogens is 1040 g/mol. The summed E-state index contributed by atoms with van der Waals surface area (Å²) in [7, 11) is 0. The van der Waals surface area contributed by atoms with Crippen LogP contribution in [-0.2, 0) is 47.9 Å². The van der Waals surface area contributed by atoms with Crippen LogP contribution in [0.15, 0.2) is 35.3 Å². The monoisotopic (exact) mass is 1120 g/mol. The molecule has 30 heteroatoms. The first kappa shape index (κ1) is 69.6. The lowest BCUT2D eigenvalue weighted by Gasteiger charge is -2.32. The van der Waals surface area contributed by atoms with Crippen molar-refractivity contribution in [2.75, 3.05) is 19.7 Å². The van der Waals surface area contributed by atoms with E-state index in [4.69, 9.17) is 22.9 Å². The van der Waals surface area contributed by atoms with Crippen molar-refractivity contribution in [3.63, 3.8) is 0 Å². The molecule has 1 unspecified atom stereocenters. The zero-order valence-corrected chi connectivity index (χ0v) is 45.1. The third kappa shape index (κ3) is 21.7. The molecule has 1 aromatic carbocycles. The van der Waals surface area contributed by atoms with Gasteiger partial charge >= 0.3 is 0 Å². The molecule has 1 aromatic rings. The molecule has 0 radical (unpaired) electrons. The second kappa shape index (κ2) is 33.6. The molecule has 1 saturated heterocycles. The van der Waals surface area contributed by atoms with E-state index in [1.165, 1.54) is 38.1 Å². The number of aliphatic hydroxyl groups is 4.